The smallest absolute Gasteiger partial charge is 0.130 e. The van der Waals surface area contributed by atoms with Crippen molar-refractivity contribution < 1.29 is 10.2 Å². The Kier molecular flexibility index (Phi) is 4.88. The number of hydrogen-bond acceptors (Lipinski definition) is 2. The average Bonchev–Trinajstić information content (AvgIpc) is 2.39. The molecule has 2 atom stereocenters. The fourth-order valence-corrected chi connectivity index (χ4v) is 2.96. The van der Waals surface area contributed by atoms with Gasteiger partial charge in [0.15, 0.2) is 0 Å². The van der Waals surface area contributed by atoms with Crippen molar-refractivity contribution in [2.45, 2.75) is 38.8 Å². The zero-order valence-corrected chi connectivity index (χ0v) is 11.6. The van der Waals surface area contributed by atoms with Crippen LogP contribution in [0.25, 0.3) is 0 Å². The first-order chi connectivity index (χ1) is 9.15. The number of nitrogens with one attached hydrogen (secondary N) is 1. The Hall–Kier alpha value is -1.00. The average molecular weight is 270 g/mol. The van der Waals surface area contributed by atoms with Crippen LogP contribution in [0.4, 0.5) is 8.78 Å². The first-order valence-corrected chi connectivity index (χ1v) is 7.08. The van der Waals surface area contributed by atoms with Gasteiger partial charge < -0.3 is 5.32 Å². The maximum atomic E-state index is 14.0. The van der Waals surface area contributed by atoms with Gasteiger partial charge in [-0.3, -0.25) is 4.90 Å². The largest absolute Gasteiger partial charge is 0.314 e. The molecule has 1 aliphatic heterocycles. The van der Waals surface area contributed by atoms with Crippen molar-refractivity contribution in [3.05, 3.63) is 35.4 Å². The standard InChI is InChI=1S/C15H22F2N2.H2/c1-3-18-12-7-8-19(4-2)15(10-12)13-6-5-11(16)9-14(13)17;/h5-6,9,12,15,18H,3-4,7-8,10H2,1-2H3;1H/t12-,15+;/m1./s1. The van der Waals surface area contributed by atoms with Crippen LogP contribution in [0, 0.1) is 11.6 Å². The number of hydrogen-bond donors (Lipinski definition) is 1. The SMILES string of the molecule is CCN[C@@H]1CCN(CC)[C@H](c2ccc(F)cc2F)C1.[HH]. The maximum absolute atomic E-state index is 14.0. The topological polar surface area (TPSA) is 15.3 Å². The lowest BCUT2D eigenvalue weighted by atomic mass is 9.91. The Morgan fingerprint density at radius 2 is 2.16 bits per heavy atom. The lowest BCUT2D eigenvalue weighted by molar-refractivity contribution is 0.129. The quantitative estimate of drug-likeness (QED) is 0.902. The number of piperidine rings is 1. The van der Waals surface area contributed by atoms with Gasteiger partial charge in [0.05, 0.1) is 0 Å². The minimum absolute atomic E-state index is 0. The predicted molar refractivity (Wildman–Crippen MR) is 75.2 cm³/mol. The fourth-order valence-electron chi connectivity index (χ4n) is 2.96. The van der Waals surface area contributed by atoms with Crippen molar-refractivity contribution in [1.29, 1.82) is 0 Å². The van der Waals surface area contributed by atoms with Crippen LogP contribution >= 0.6 is 0 Å². The van der Waals surface area contributed by atoms with Gasteiger partial charge in [-0.1, -0.05) is 19.9 Å². The highest BCUT2D eigenvalue weighted by atomic mass is 19.1. The minimum atomic E-state index is -0.511. The summed E-state index contributed by atoms with van der Waals surface area (Å²) in [5, 5.41) is 3.44. The summed E-state index contributed by atoms with van der Waals surface area (Å²) < 4.78 is 27.0. The number of benzene rings is 1. The van der Waals surface area contributed by atoms with Crippen LogP contribution < -0.4 is 5.32 Å². The number of halogens is 2. The zero-order chi connectivity index (χ0) is 13.8. The summed E-state index contributed by atoms with van der Waals surface area (Å²) in [4.78, 5) is 2.27. The molecule has 0 spiro atoms. The Balaban J connectivity index is 0.00000200. The van der Waals surface area contributed by atoms with E-state index in [0.29, 0.717) is 11.6 Å². The molecule has 19 heavy (non-hydrogen) atoms. The van der Waals surface area contributed by atoms with E-state index in [1.54, 1.807) is 6.07 Å². The monoisotopic (exact) mass is 270 g/mol. The van der Waals surface area contributed by atoms with E-state index in [0.717, 1.165) is 38.5 Å². The second-order valence-electron chi connectivity index (χ2n) is 5.09. The van der Waals surface area contributed by atoms with Crippen molar-refractivity contribution in [2.24, 2.45) is 0 Å². The normalized spacial score (nSPS) is 24.6. The van der Waals surface area contributed by atoms with Crippen LogP contribution in [-0.2, 0) is 0 Å². The molecule has 1 heterocycles. The molecule has 1 aliphatic rings. The summed E-state index contributed by atoms with van der Waals surface area (Å²) in [6.07, 6.45) is 1.96. The molecule has 0 unspecified atom stereocenters. The van der Waals surface area contributed by atoms with Crippen LogP contribution in [-0.4, -0.2) is 30.6 Å². The molecule has 108 valence electrons. The number of rotatable bonds is 4. The highest BCUT2D eigenvalue weighted by Gasteiger charge is 2.29. The molecule has 1 N–H and O–H groups in total. The molecule has 0 aliphatic carbocycles. The molecule has 0 radical (unpaired) electrons. The summed E-state index contributed by atoms with van der Waals surface area (Å²) in [6, 6.07) is 4.39. The Bertz CT molecular complexity index is 428. The molecular weight excluding hydrogens is 246 g/mol. The van der Waals surface area contributed by atoms with Gasteiger partial charge in [0.1, 0.15) is 11.6 Å². The van der Waals surface area contributed by atoms with Gasteiger partial charge in [-0.25, -0.2) is 8.78 Å². The molecule has 0 saturated carbocycles. The summed E-state index contributed by atoms with van der Waals surface area (Å²) in [6.45, 7) is 6.94. The lowest BCUT2D eigenvalue weighted by Crippen LogP contribution is -2.44. The molecule has 0 aromatic heterocycles. The van der Waals surface area contributed by atoms with Crippen LogP contribution in [0.3, 0.4) is 0 Å². The third-order valence-electron chi connectivity index (χ3n) is 3.93. The molecule has 1 aromatic rings. The van der Waals surface area contributed by atoms with Crippen molar-refractivity contribution in [1.82, 2.24) is 10.2 Å². The van der Waals surface area contributed by atoms with Crippen molar-refractivity contribution in [2.75, 3.05) is 19.6 Å². The van der Waals surface area contributed by atoms with Crippen LogP contribution in [0.15, 0.2) is 18.2 Å². The highest BCUT2D eigenvalue weighted by molar-refractivity contribution is 5.23. The van der Waals surface area contributed by atoms with E-state index in [9.17, 15) is 8.78 Å². The molecule has 2 rings (SSSR count). The van der Waals surface area contributed by atoms with E-state index in [1.807, 2.05) is 0 Å². The molecule has 0 bridgehead atoms. The molecule has 4 heteroatoms. The molecule has 1 fully saturated rings. The van der Waals surface area contributed by atoms with Crippen molar-refractivity contribution in [3.63, 3.8) is 0 Å². The van der Waals surface area contributed by atoms with Gasteiger partial charge in [-0.2, -0.15) is 0 Å². The molecule has 0 amide bonds. The third kappa shape index (κ3) is 3.31. The molecule has 1 saturated heterocycles. The zero-order valence-electron chi connectivity index (χ0n) is 11.6. The predicted octanol–water partition coefficient (Wildman–Crippen LogP) is 3.35. The van der Waals surface area contributed by atoms with Gasteiger partial charge in [-0.05, 0) is 32.0 Å². The second-order valence-corrected chi connectivity index (χ2v) is 5.09. The number of nitrogens with zero attached hydrogens (tertiary/aromatic N) is 1. The molecular formula is C15H24F2N2. The third-order valence-corrected chi connectivity index (χ3v) is 3.93. The molecule has 1 aromatic carbocycles. The van der Waals surface area contributed by atoms with E-state index in [-0.39, 0.29) is 7.47 Å². The van der Waals surface area contributed by atoms with Gasteiger partial charge in [0.25, 0.3) is 0 Å². The summed E-state index contributed by atoms with van der Waals surface area (Å²) in [5.74, 6) is -0.941. The maximum Gasteiger partial charge on any atom is 0.130 e. The van der Waals surface area contributed by atoms with E-state index in [1.165, 1.54) is 6.07 Å². The Morgan fingerprint density at radius 1 is 1.37 bits per heavy atom. The lowest BCUT2D eigenvalue weighted by Gasteiger charge is -2.39. The van der Waals surface area contributed by atoms with Crippen molar-refractivity contribution in [3.8, 4) is 0 Å². The van der Waals surface area contributed by atoms with Gasteiger partial charge in [0.2, 0.25) is 0 Å². The highest BCUT2D eigenvalue weighted by Crippen LogP contribution is 2.32. The summed E-state index contributed by atoms with van der Waals surface area (Å²) in [5.41, 5.74) is 0.617. The van der Waals surface area contributed by atoms with Gasteiger partial charge in [0, 0.05) is 31.7 Å². The Labute approximate surface area is 115 Å². The van der Waals surface area contributed by atoms with E-state index in [4.69, 9.17) is 0 Å². The Morgan fingerprint density at radius 3 is 2.79 bits per heavy atom. The fraction of sp³-hybridized carbons (Fsp3) is 0.600. The van der Waals surface area contributed by atoms with E-state index in [2.05, 4.69) is 24.1 Å². The van der Waals surface area contributed by atoms with Crippen LogP contribution in [0.1, 0.15) is 39.7 Å². The van der Waals surface area contributed by atoms with E-state index < -0.39 is 11.6 Å². The summed E-state index contributed by atoms with van der Waals surface area (Å²) >= 11 is 0. The second kappa shape index (κ2) is 6.44. The number of likely N-dealkylation sites (tertiary alicyclic amines) is 1. The van der Waals surface area contributed by atoms with Crippen LogP contribution in [0.5, 0.6) is 0 Å². The molecule has 2 nitrogen and oxygen atoms in total. The first kappa shape index (κ1) is 14.4. The first-order valence-electron chi connectivity index (χ1n) is 7.08. The van der Waals surface area contributed by atoms with Crippen LogP contribution in [0.2, 0.25) is 0 Å². The summed E-state index contributed by atoms with van der Waals surface area (Å²) in [7, 11) is 0. The van der Waals surface area contributed by atoms with Gasteiger partial charge in [-0.15, -0.1) is 0 Å². The minimum Gasteiger partial charge on any atom is -0.314 e. The van der Waals surface area contributed by atoms with E-state index >= 15 is 0 Å². The van der Waals surface area contributed by atoms with Crippen molar-refractivity contribution >= 4 is 0 Å². The van der Waals surface area contributed by atoms with Gasteiger partial charge >= 0.3 is 0 Å².